The maximum atomic E-state index is 12.1. The summed E-state index contributed by atoms with van der Waals surface area (Å²) in [7, 11) is -3.23. The van der Waals surface area contributed by atoms with E-state index in [1.807, 2.05) is 0 Å². The zero-order chi connectivity index (χ0) is 18.4. The summed E-state index contributed by atoms with van der Waals surface area (Å²) in [6.07, 6.45) is 0.786. The van der Waals surface area contributed by atoms with Crippen molar-refractivity contribution in [2.75, 3.05) is 30.8 Å². The second kappa shape index (κ2) is 8.64. The number of halogens is 1. The predicted molar refractivity (Wildman–Crippen MR) is 94.8 cm³/mol. The maximum Gasteiger partial charge on any atom is 0.309 e. The molecule has 1 amide bonds. The number of nitrogens with one attached hydrogen (secondary N) is 1. The summed E-state index contributed by atoms with van der Waals surface area (Å²) < 4.78 is 30.0. The van der Waals surface area contributed by atoms with Crippen LogP contribution in [0.3, 0.4) is 0 Å². The number of piperidine rings is 1. The largest absolute Gasteiger partial charge is 0.455 e. The molecule has 138 valence electrons. The molecule has 0 radical (unpaired) electrons. The Kier molecular flexibility index (Phi) is 6.80. The SMILES string of the molecule is CCS(=O)(=O)N1CCC(C(=O)OCC(=O)Nc2ccccc2Cl)CC1. The van der Waals surface area contributed by atoms with Crippen molar-refractivity contribution < 1.29 is 22.7 Å². The summed E-state index contributed by atoms with van der Waals surface area (Å²) in [4.78, 5) is 23.9. The van der Waals surface area contributed by atoms with Crippen LogP contribution in [0.4, 0.5) is 5.69 Å². The number of nitrogens with zero attached hydrogens (tertiary/aromatic N) is 1. The van der Waals surface area contributed by atoms with E-state index in [4.69, 9.17) is 16.3 Å². The quantitative estimate of drug-likeness (QED) is 0.751. The molecule has 0 unspecified atom stereocenters. The van der Waals surface area contributed by atoms with Crippen molar-refractivity contribution in [2.45, 2.75) is 19.8 Å². The number of anilines is 1. The van der Waals surface area contributed by atoms with Crippen LogP contribution in [0.25, 0.3) is 0 Å². The number of rotatable bonds is 6. The molecule has 2 rings (SSSR count). The Morgan fingerprint density at radius 1 is 1.28 bits per heavy atom. The highest BCUT2D eigenvalue weighted by Crippen LogP contribution is 2.22. The first-order chi connectivity index (χ1) is 11.8. The zero-order valence-corrected chi connectivity index (χ0v) is 15.5. The number of carbonyl (C=O) groups is 2. The van der Waals surface area contributed by atoms with Crippen LogP contribution in [-0.4, -0.2) is 50.0 Å². The lowest BCUT2D eigenvalue weighted by atomic mass is 9.98. The Labute approximate surface area is 152 Å². The first-order valence-electron chi connectivity index (χ1n) is 8.02. The second-order valence-corrected chi connectivity index (χ2v) is 8.37. The van der Waals surface area contributed by atoms with Crippen LogP contribution in [0.15, 0.2) is 24.3 Å². The third-order valence-corrected chi connectivity index (χ3v) is 6.25. The lowest BCUT2D eigenvalue weighted by molar-refractivity contribution is -0.152. The Morgan fingerprint density at radius 2 is 1.92 bits per heavy atom. The van der Waals surface area contributed by atoms with Crippen LogP contribution in [0.2, 0.25) is 5.02 Å². The summed E-state index contributed by atoms with van der Waals surface area (Å²) in [6, 6.07) is 6.75. The minimum atomic E-state index is -3.23. The topological polar surface area (TPSA) is 92.8 Å². The van der Waals surface area contributed by atoms with Gasteiger partial charge in [-0.25, -0.2) is 12.7 Å². The van der Waals surface area contributed by atoms with Gasteiger partial charge in [0.2, 0.25) is 10.0 Å². The molecular weight excluding hydrogens is 368 g/mol. The van der Waals surface area contributed by atoms with E-state index >= 15 is 0 Å². The minimum absolute atomic E-state index is 0.0460. The number of carbonyl (C=O) groups excluding carboxylic acids is 2. The fraction of sp³-hybridized carbons (Fsp3) is 0.500. The summed E-state index contributed by atoms with van der Waals surface area (Å²) in [5.41, 5.74) is 0.447. The molecule has 25 heavy (non-hydrogen) atoms. The molecule has 1 aliphatic heterocycles. The van der Waals surface area contributed by atoms with E-state index in [0.717, 1.165) is 0 Å². The van der Waals surface area contributed by atoms with E-state index in [9.17, 15) is 18.0 Å². The normalized spacial score (nSPS) is 16.4. The lowest BCUT2D eigenvalue weighted by Crippen LogP contribution is -2.41. The van der Waals surface area contributed by atoms with Gasteiger partial charge in [-0.05, 0) is 31.9 Å². The van der Waals surface area contributed by atoms with Crippen molar-refractivity contribution in [3.05, 3.63) is 29.3 Å². The van der Waals surface area contributed by atoms with Gasteiger partial charge in [0, 0.05) is 13.1 Å². The van der Waals surface area contributed by atoms with Gasteiger partial charge < -0.3 is 10.1 Å². The molecule has 7 nitrogen and oxygen atoms in total. The minimum Gasteiger partial charge on any atom is -0.455 e. The molecule has 1 N–H and O–H groups in total. The Balaban J connectivity index is 1.78. The van der Waals surface area contributed by atoms with Gasteiger partial charge in [-0.3, -0.25) is 9.59 Å². The molecular formula is C16H21ClN2O5S. The average Bonchev–Trinajstić information content (AvgIpc) is 2.61. The van der Waals surface area contributed by atoms with Crippen molar-refractivity contribution >= 4 is 39.2 Å². The number of amides is 1. The fourth-order valence-corrected chi connectivity index (χ4v) is 3.87. The fourth-order valence-electron chi connectivity index (χ4n) is 2.56. The van der Waals surface area contributed by atoms with E-state index in [-0.39, 0.29) is 5.75 Å². The van der Waals surface area contributed by atoms with Crippen LogP contribution in [0.5, 0.6) is 0 Å². The van der Waals surface area contributed by atoms with Crippen molar-refractivity contribution in [3.63, 3.8) is 0 Å². The summed E-state index contributed by atoms with van der Waals surface area (Å²) in [6.45, 7) is 1.77. The molecule has 1 aliphatic rings. The number of benzene rings is 1. The number of hydrogen-bond donors (Lipinski definition) is 1. The number of ether oxygens (including phenoxy) is 1. The third kappa shape index (κ3) is 5.42. The molecule has 1 fully saturated rings. The predicted octanol–water partition coefficient (Wildman–Crippen LogP) is 1.88. The number of esters is 1. The number of hydrogen-bond acceptors (Lipinski definition) is 5. The molecule has 1 aromatic carbocycles. The Hall–Kier alpha value is -1.64. The summed E-state index contributed by atoms with van der Waals surface area (Å²) >= 11 is 5.94. The number of sulfonamides is 1. The van der Waals surface area contributed by atoms with Crippen molar-refractivity contribution in [3.8, 4) is 0 Å². The molecule has 9 heteroatoms. The zero-order valence-electron chi connectivity index (χ0n) is 13.9. The van der Waals surface area contributed by atoms with Gasteiger partial charge in [-0.15, -0.1) is 0 Å². The Morgan fingerprint density at radius 3 is 2.52 bits per heavy atom. The standard InChI is InChI=1S/C16H21ClN2O5S/c1-2-25(22,23)19-9-7-12(8-10-19)16(21)24-11-15(20)18-14-6-4-3-5-13(14)17/h3-6,12H,2,7-11H2,1H3,(H,18,20). The van der Waals surface area contributed by atoms with E-state index < -0.39 is 34.4 Å². The monoisotopic (exact) mass is 388 g/mol. The van der Waals surface area contributed by atoms with Gasteiger partial charge in [0.05, 0.1) is 22.4 Å². The van der Waals surface area contributed by atoms with Crippen LogP contribution in [0, 0.1) is 5.92 Å². The van der Waals surface area contributed by atoms with Gasteiger partial charge in [-0.2, -0.15) is 0 Å². The van der Waals surface area contributed by atoms with E-state index in [2.05, 4.69) is 5.32 Å². The highest BCUT2D eigenvalue weighted by molar-refractivity contribution is 7.89. The van der Waals surface area contributed by atoms with Crippen molar-refractivity contribution in [2.24, 2.45) is 5.92 Å². The Bertz CT molecular complexity index is 730. The number of para-hydroxylation sites is 1. The summed E-state index contributed by atoms with van der Waals surface area (Å²) in [5, 5.41) is 2.96. The average molecular weight is 389 g/mol. The molecule has 0 spiro atoms. The molecule has 0 atom stereocenters. The molecule has 0 aliphatic carbocycles. The van der Waals surface area contributed by atoms with Crippen molar-refractivity contribution in [1.82, 2.24) is 4.31 Å². The first-order valence-corrected chi connectivity index (χ1v) is 10.0. The van der Waals surface area contributed by atoms with Crippen molar-refractivity contribution in [1.29, 1.82) is 0 Å². The molecule has 1 aromatic rings. The molecule has 0 aromatic heterocycles. The van der Waals surface area contributed by atoms with Gasteiger partial charge in [0.25, 0.3) is 5.91 Å². The highest BCUT2D eigenvalue weighted by Gasteiger charge is 2.31. The summed E-state index contributed by atoms with van der Waals surface area (Å²) in [5.74, 6) is -1.31. The molecule has 0 saturated carbocycles. The van der Waals surface area contributed by atoms with Gasteiger partial charge in [-0.1, -0.05) is 23.7 Å². The van der Waals surface area contributed by atoms with E-state index in [1.165, 1.54) is 4.31 Å². The van der Waals surface area contributed by atoms with Crippen LogP contribution >= 0.6 is 11.6 Å². The highest BCUT2D eigenvalue weighted by atomic mass is 35.5. The second-order valence-electron chi connectivity index (χ2n) is 5.71. The molecule has 1 saturated heterocycles. The lowest BCUT2D eigenvalue weighted by Gasteiger charge is -2.29. The van der Waals surface area contributed by atoms with Gasteiger partial charge in [0.1, 0.15) is 0 Å². The smallest absolute Gasteiger partial charge is 0.309 e. The van der Waals surface area contributed by atoms with Gasteiger partial charge >= 0.3 is 5.97 Å². The van der Waals surface area contributed by atoms with Crippen LogP contribution in [0.1, 0.15) is 19.8 Å². The molecule has 0 bridgehead atoms. The van der Waals surface area contributed by atoms with E-state index in [1.54, 1.807) is 31.2 Å². The van der Waals surface area contributed by atoms with Gasteiger partial charge in [0.15, 0.2) is 6.61 Å². The van der Waals surface area contributed by atoms with Crippen LogP contribution in [-0.2, 0) is 24.3 Å². The first kappa shape index (κ1) is 19.7. The maximum absolute atomic E-state index is 12.1. The molecule has 1 heterocycles. The van der Waals surface area contributed by atoms with E-state index in [0.29, 0.717) is 36.6 Å². The third-order valence-electron chi connectivity index (χ3n) is 4.04. The van der Waals surface area contributed by atoms with Crippen LogP contribution < -0.4 is 5.32 Å².